The zero-order chi connectivity index (χ0) is 28.0. The van der Waals surface area contributed by atoms with Crippen molar-refractivity contribution in [1.29, 1.82) is 10.5 Å². The van der Waals surface area contributed by atoms with Crippen molar-refractivity contribution in [2.45, 2.75) is 29.3 Å². The summed E-state index contributed by atoms with van der Waals surface area (Å²) in [5, 5.41) is 45.6. The standard InChI is InChI=1S/C13H13F3N2O3S.C9H6F3NO2/c14-13(15,16)10-1-2-11(9(5-10)6-17)22(21)18-4-3-12(20,7-18)8-19;10-9(11,12)5-15-8-3-6(4-13)1-2-7(8)14/h1-2,5,19-20H,3-4,7-8H2;1-3,14H,5H2. The van der Waals surface area contributed by atoms with Gasteiger partial charge in [0.2, 0.25) is 0 Å². The van der Waals surface area contributed by atoms with Crippen molar-refractivity contribution in [3.8, 4) is 23.6 Å². The molecule has 1 heterocycles. The Hall–Kier alpha value is -3.37. The van der Waals surface area contributed by atoms with Gasteiger partial charge < -0.3 is 20.1 Å². The number of aliphatic hydroxyl groups excluding tert-OH is 1. The lowest BCUT2D eigenvalue weighted by molar-refractivity contribution is -0.153. The summed E-state index contributed by atoms with van der Waals surface area (Å²) in [6, 6.07) is 9.18. The molecule has 0 aromatic heterocycles. The monoisotopic (exact) mass is 551 g/mol. The van der Waals surface area contributed by atoms with Crippen LogP contribution in [0.1, 0.15) is 23.1 Å². The van der Waals surface area contributed by atoms with Crippen molar-refractivity contribution in [2.24, 2.45) is 0 Å². The van der Waals surface area contributed by atoms with Crippen LogP contribution in [-0.4, -0.2) is 61.9 Å². The largest absolute Gasteiger partial charge is 0.504 e. The molecule has 200 valence electrons. The minimum atomic E-state index is -4.59. The third-order valence-corrected chi connectivity index (χ3v) is 6.43. The molecule has 3 rings (SSSR count). The molecule has 1 saturated heterocycles. The SMILES string of the molecule is N#Cc1cc(C(F)(F)F)ccc1S(=O)N1CCC(O)(CO)C1.N#Cc1ccc(O)c(OCC(F)(F)F)c1. The highest BCUT2D eigenvalue weighted by molar-refractivity contribution is 7.82. The molecular weight excluding hydrogens is 532 g/mol. The molecule has 2 unspecified atom stereocenters. The first kappa shape index (κ1) is 29.9. The van der Waals surface area contributed by atoms with Gasteiger partial charge in [-0.1, -0.05) is 0 Å². The van der Waals surface area contributed by atoms with E-state index in [1.165, 1.54) is 10.4 Å². The van der Waals surface area contributed by atoms with E-state index >= 15 is 0 Å². The lowest BCUT2D eigenvalue weighted by Crippen LogP contribution is -2.37. The molecule has 8 nitrogen and oxygen atoms in total. The molecule has 1 fully saturated rings. The van der Waals surface area contributed by atoms with E-state index in [4.69, 9.17) is 20.7 Å². The summed E-state index contributed by atoms with van der Waals surface area (Å²) in [7, 11) is -1.88. The number of aromatic hydroxyl groups is 1. The summed E-state index contributed by atoms with van der Waals surface area (Å²) in [6.45, 7) is -1.88. The maximum absolute atomic E-state index is 12.6. The van der Waals surface area contributed by atoms with Gasteiger partial charge in [0.15, 0.2) is 18.1 Å². The fourth-order valence-electron chi connectivity index (χ4n) is 3.03. The number of hydrogen-bond donors (Lipinski definition) is 3. The second kappa shape index (κ2) is 11.8. The Morgan fingerprint density at radius 3 is 2.27 bits per heavy atom. The van der Waals surface area contributed by atoms with Crippen molar-refractivity contribution < 1.29 is 50.6 Å². The Labute approximate surface area is 209 Å². The summed E-state index contributed by atoms with van der Waals surface area (Å²) < 4.78 is 91.3. The fourth-order valence-corrected chi connectivity index (χ4v) is 4.40. The average Bonchev–Trinajstić information content (AvgIpc) is 3.24. The van der Waals surface area contributed by atoms with E-state index in [1.54, 1.807) is 12.1 Å². The molecule has 3 N–H and O–H groups in total. The summed E-state index contributed by atoms with van der Waals surface area (Å²) in [5.41, 5.74) is -2.58. The number of nitrogens with zero attached hydrogens (tertiary/aromatic N) is 3. The molecule has 0 bridgehead atoms. The first-order valence-electron chi connectivity index (χ1n) is 10.2. The van der Waals surface area contributed by atoms with Crippen LogP contribution in [0.2, 0.25) is 0 Å². The van der Waals surface area contributed by atoms with Gasteiger partial charge in [-0.2, -0.15) is 36.9 Å². The molecule has 1 aliphatic rings. The molecular formula is C22H19F6N3O5S. The number of alkyl halides is 6. The number of nitriles is 2. The maximum Gasteiger partial charge on any atom is 0.422 e. The van der Waals surface area contributed by atoms with Crippen LogP contribution in [0.5, 0.6) is 11.5 Å². The smallest absolute Gasteiger partial charge is 0.422 e. The van der Waals surface area contributed by atoms with Crippen LogP contribution in [0, 0.1) is 22.7 Å². The third-order valence-electron chi connectivity index (χ3n) is 4.92. The Bertz CT molecular complexity index is 1230. The Morgan fingerprint density at radius 1 is 1.08 bits per heavy atom. The number of phenols is 1. The molecule has 2 aromatic carbocycles. The van der Waals surface area contributed by atoms with Crippen molar-refractivity contribution in [1.82, 2.24) is 4.31 Å². The van der Waals surface area contributed by atoms with Crippen molar-refractivity contribution in [3.05, 3.63) is 53.1 Å². The van der Waals surface area contributed by atoms with Crippen molar-refractivity contribution in [2.75, 3.05) is 26.3 Å². The fraction of sp³-hybridized carbons (Fsp3) is 0.364. The summed E-state index contributed by atoms with van der Waals surface area (Å²) in [6.07, 6.45) is -8.87. The summed E-state index contributed by atoms with van der Waals surface area (Å²) >= 11 is 0. The maximum atomic E-state index is 12.6. The summed E-state index contributed by atoms with van der Waals surface area (Å²) in [4.78, 5) is -0.0438. The Balaban J connectivity index is 0.000000281. The van der Waals surface area contributed by atoms with Crippen LogP contribution in [0.4, 0.5) is 26.3 Å². The van der Waals surface area contributed by atoms with E-state index in [2.05, 4.69) is 4.74 Å². The minimum absolute atomic E-state index is 0.0438. The number of halogens is 6. The zero-order valence-corrected chi connectivity index (χ0v) is 19.5. The van der Waals surface area contributed by atoms with Crippen LogP contribution in [0.3, 0.4) is 0 Å². The highest BCUT2D eigenvalue weighted by Gasteiger charge is 2.39. The van der Waals surface area contributed by atoms with E-state index in [-0.39, 0.29) is 41.3 Å². The van der Waals surface area contributed by atoms with Gasteiger partial charge in [0, 0.05) is 19.2 Å². The molecule has 1 aliphatic heterocycles. The van der Waals surface area contributed by atoms with Crippen LogP contribution >= 0.6 is 0 Å². The normalized spacial score (nSPS) is 18.8. The lowest BCUT2D eigenvalue weighted by Gasteiger charge is -2.20. The minimum Gasteiger partial charge on any atom is -0.504 e. The Morgan fingerprint density at radius 2 is 1.76 bits per heavy atom. The van der Waals surface area contributed by atoms with Crippen molar-refractivity contribution in [3.63, 3.8) is 0 Å². The first-order chi connectivity index (χ1) is 17.1. The van der Waals surface area contributed by atoms with Crippen LogP contribution in [-0.2, 0) is 17.2 Å². The van der Waals surface area contributed by atoms with Gasteiger partial charge in [-0.15, -0.1) is 0 Å². The first-order valence-corrected chi connectivity index (χ1v) is 11.3. The van der Waals surface area contributed by atoms with Gasteiger partial charge >= 0.3 is 12.4 Å². The van der Waals surface area contributed by atoms with Gasteiger partial charge in [-0.05, 0) is 36.8 Å². The zero-order valence-electron chi connectivity index (χ0n) is 18.7. The van der Waals surface area contributed by atoms with E-state index in [0.29, 0.717) is 6.07 Å². The molecule has 0 saturated carbocycles. The van der Waals surface area contributed by atoms with Crippen LogP contribution < -0.4 is 4.74 Å². The molecule has 0 amide bonds. The molecule has 2 atom stereocenters. The van der Waals surface area contributed by atoms with Gasteiger partial charge in [0.05, 0.1) is 34.3 Å². The number of phenolic OH excluding ortho intramolecular Hbond substituents is 1. The van der Waals surface area contributed by atoms with Gasteiger partial charge in [-0.3, -0.25) is 0 Å². The topological polar surface area (TPSA) is 138 Å². The van der Waals surface area contributed by atoms with E-state index in [0.717, 1.165) is 24.3 Å². The van der Waals surface area contributed by atoms with Gasteiger partial charge in [-0.25, -0.2) is 8.51 Å². The quantitative estimate of drug-likeness (QED) is 0.485. The van der Waals surface area contributed by atoms with Crippen LogP contribution in [0.15, 0.2) is 41.3 Å². The highest BCUT2D eigenvalue weighted by atomic mass is 32.2. The molecule has 15 heteroatoms. The van der Waals surface area contributed by atoms with Crippen LogP contribution in [0.25, 0.3) is 0 Å². The molecule has 0 spiro atoms. The number of hydrogen-bond acceptors (Lipinski definition) is 7. The Kier molecular flexibility index (Phi) is 9.51. The van der Waals surface area contributed by atoms with Gasteiger partial charge in [0.1, 0.15) is 22.7 Å². The predicted octanol–water partition coefficient (Wildman–Crippen LogP) is 3.23. The van der Waals surface area contributed by atoms with E-state index < -0.39 is 53.5 Å². The van der Waals surface area contributed by atoms with Gasteiger partial charge in [0.25, 0.3) is 0 Å². The average molecular weight is 551 g/mol. The number of benzene rings is 2. The van der Waals surface area contributed by atoms with Crippen molar-refractivity contribution >= 4 is 11.0 Å². The molecule has 0 aliphatic carbocycles. The van der Waals surface area contributed by atoms with E-state index in [9.17, 15) is 35.7 Å². The molecule has 2 aromatic rings. The second-order valence-corrected chi connectivity index (χ2v) is 9.22. The summed E-state index contributed by atoms with van der Waals surface area (Å²) in [5.74, 6) is -0.787. The highest BCUT2D eigenvalue weighted by Crippen LogP contribution is 2.33. The number of aliphatic hydroxyl groups is 2. The number of β-amino-alcohol motifs (C(OH)–C–C–N with tert-alkyl or cyclic N) is 1. The molecule has 37 heavy (non-hydrogen) atoms. The molecule has 0 radical (unpaired) electrons. The predicted molar refractivity (Wildman–Crippen MR) is 115 cm³/mol. The second-order valence-electron chi connectivity index (χ2n) is 7.76. The number of ether oxygens (including phenoxy) is 1. The number of rotatable bonds is 5. The third kappa shape index (κ3) is 8.33. The van der Waals surface area contributed by atoms with E-state index in [1.807, 2.05) is 0 Å². The lowest BCUT2D eigenvalue weighted by atomic mass is 10.1.